The average molecular weight is 520 g/mol. The number of carbonyl (C=O) groups is 2. The number of aldehydes is 2. The molecule has 1 radical (unpaired) electrons. The van der Waals surface area contributed by atoms with Crippen molar-refractivity contribution in [1.82, 2.24) is 0 Å². The predicted molar refractivity (Wildman–Crippen MR) is 83.8 cm³/mol. The molecule has 0 bridgehead atoms. The van der Waals surface area contributed by atoms with Gasteiger partial charge in [-0.25, -0.2) is 18.6 Å². The minimum absolute atomic E-state index is 0. The standard InChI is InChI=1S/2C8H8O3.CH4O.ClHO4.Cu.Na/c2*1-11-7-4-2-3-6(5-9)8(7)10;1-2;2-1(3,4)5;;/h2*2-5,10H,1H3;2H,1H3;(H,2,3,4,5);;/q;;;;+2;+1/p-3. The number of methoxy groups -OCH3 is 2. The van der Waals surface area contributed by atoms with Crippen molar-refractivity contribution in [3.63, 3.8) is 0 Å². The summed E-state index contributed by atoms with van der Waals surface area (Å²) in [6.07, 6.45) is 1.04. The number of rotatable bonds is 4. The molecular weight excluding hydrogens is 502 g/mol. The van der Waals surface area contributed by atoms with E-state index in [1.54, 1.807) is 12.1 Å². The Labute approximate surface area is 213 Å². The molecule has 0 saturated carbocycles. The number of ether oxygens (including phenoxy) is 2. The van der Waals surface area contributed by atoms with Crippen molar-refractivity contribution in [3.8, 4) is 23.0 Å². The maximum atomic E-state index is 11.1. The summed E-state index contributed by atoms with van der Waals surface area (Å²) < 4.78 is 43.4. The number of aliphatic hydroxyl groups excluding tert-OH is 1. The molecule has 31 heavy (non-hydrogen) atoms. The second-order valence-corrected chi connectivity index (χ2v) is 5.13. The van der Waals surface area contributed by atoms with Crippen molar-refractivity contribution in [1.29, 1.82) is 0 Å². The number of halogens is 1. The minimum Gasteiger partial charge on any atom is -0.869 e. The number of hydrogen-bond donors (Lipinski definition) is 1. The first-order valence-corrected chi connectivity index (χ1v) is 8.47. The smallest absolute Gasteiger partial charge is 0.869 e. The molecule has 2 aromatic rings. The molecule has 0 fully saturated rings. The molecule has 0 aliphatic rings. The summed E-state index contributed by atoms with van der Waals surface area (Å²) in [4.78, 5) is 20.5. The first-order valence-electron chi connectivity index (χ1n) is 7.23. The molecule has 0 amide bonds. The first-order chi connectivity index (χ1) is 13.6. The monoisotopic (exact) mass is 519 g/mol. The van der Waals surface area contributed by atoms with Crippen LogP contribution in [-0.4, -0.2) is 39.0 Å². The molecule has 0 atom stereocenters. The molecule has 0 aliphatic carbocycles. The van der Waals surface area contributed by atoms with Gasteiger partial charge in [0.05, 0.1) is 14.2 Å². The zero-order chi connectivity index (χ0) is 23.0. The summed E-state index contributed by atoms with van der Waals surface area (Å²) in [5, 5.41) is 29.1. The predicted octanol–water partition coefficient (Wildman–Crippen LogP) is -6.98. The molecule has 2 rings (SSSR count). The molecule has 11 nitrogen and oxygen atoms in total. The Morgan fingerprint density at radius 1 is 0.774 bits per heavy atom. The van der Waals surface area contributed by atoms with Crippen LogP contribution in [0.25, 0.3) is 0 Å². The van der Waals surface area contributed by atoms with Gasteiger partial charge in [0, 0.05) is 18.2 Å². The fourth-order valence-electron chi connectivity index (χ4n) is 1.57. The van der Waals surface area contributed by atoms with Gasteiger partial charge < -0.3 is 24.8 Å². The second kappa shape index (κ2) is 20.5. The van der Waals surface area contributed by atoms with Crippen LogP contribution in [-0.2, 0) is 17.1 Å². The number of aliphatic hydroxyl groups is 1. The van der Waals surface area contributed by atoms with E-state index in [9.17, 15) is 19.8 Å². The molecule has 0 saturated heterocycles. The third-order valence-electron chi connectivity index (χ3n) is 2.71. The van der Waals surface area contributed by atoms with Gasteiger partial charge >= 0.3 is 46.6 Å². The van der Waals surface area contributed by atoms with E-state index in [2.05, 4.69) is 0 Å². The number of para-hydroxylation sites is 2. The van der Waals surface area contributed by atoms with Crippen molar-refractivity contribution >= 4 is 12.6 Å². The van der Waals surface area contributed by atoms with Crippen LogP contribution in [0.1, 0.15) is 20.7 Å². The van der Waals surface area contributed by atoms with E-state index in [-0.39, 0.29) is 80.8 Å². The number of hydrogen-bond acceptors (Lipinski definition) is 11. The molecule has 1 N–H and O–H groups in total. The fourth-order valence-corrected chi connectivity index (χ4v) is 1.57. The third kappa shape index (κ3) is 16.9. The van der Waals surface area contributed by atoms with Crippen molar-refractivity contribution in [2.24, 2.45) is 0 Å². The maximum Gasteiger partial charge on any atom is 2.00 e. The van der Waals surface area contributed by atoms with Gasteiger partial charge in [0.15, 0.2) is 0 Å². The summed E-state index contributed by atoms with van der Waals surface area (Å²) in [7, 11) is -1.16. The largest absolute Gasteiger partial charge is 2.00 e. The van der Waals surface area contributed by atoms with Gasteiger partial charge in [-0.15, -0.1) is 10.2 Å². The van der Waals surface area contributed by atoms with Crippen LogP contribution in [0, 0.1) is 10.2 Å². The maximum absolute atomic E-state index is 11.1. The van der Waals surface area contributed by atoms with E-state index in [4.69, 9.17) is 33.2 Å². The van der Waals surface area contributed by atoms with Crippen LogP contribution >= 0.6 is 0 Å². The Bertz CT molecular complexity index is 694. The Balaban J connectivity index is -0.000000174. The summed E-state index contributed by atoms with van der Waals surface area (Å²) in [5.41, 5.74) is 0.258. The van der Waals surface area contributed by atoms with Crippen molar-refractivity contribution < 1.29 is 110 Å². The summed E-state index contributed by atoms with van der Waals surface area (Å²) >= 11 is 0. The van der Waals surface area contributed by atoms with Crippen LogP contribution in [0.3, 0.4) is 0 Å². The third-order valence-corrected chi connectivity index (χ3v) is 2.71. The molecule has 0 heterocycles. The van der Waals surface area contributed by atoms with E-state index in [0.717, 1.165) is 7.11 Å². The average Bonchev–Trinajstić information content (AvgIpc) is 2.69. The van der Waals surface area contributed by atoms with Gasteiger partial charge in [-0.1, -0.05) is 35.8 Å². The Hall–Kier alpha value is -1.41. The molecule has 14 heteroatoms. The summed E-state index contributed by atoms with van der Waals surface area (Å²) in [6.45, 7) is 0. The van der Waals surface area contributed by atoms with Gasteiger partial charge in [-0.2, -0.15) is 0 Å². The van der Waals surface area contributed by atoms with Crippen LogP contribution in [0.15, 0.2) is 36.4 Å². The normalized spacial score (nSPS) is 8.65. The molecule has 0 unspecified atom stereocenters. The van der Waals surface area contributed by atoms with Crippen LogP contribution in [0.2, 0.25) is 0 Å². The quantitative estimate of drug-likeness (QED) is 0.296. The zero-order valence-electron chi connectivity index (χ0n) is 16.8. The SMILES string of the molecule is CO.COc1cccc(C=O)c1[O-].COc1cccc(C=O)c1[O-].[Cu+2].[Na+].[O-][Cl+3]([O-])([O-])[O-]. The first kappa shape index (κ1) is 36.9. The van der Waals surface area contributed by atoms with Gasteiger partial charge in [-0.3, -0.25) is 9.59 Å². The molecule has 2 aromatic carbocycles. The fraction of sp³-hybridized carbons (Fsp3) is 0.176. The van der Waals surface area contributed by atoms with Gasteiger partial charge in [-0.05, 0) is 12.1 Å². The summed E-state index contributed by atoms with van der Waals surface area (Å²) in [6, 6.07) is 9.16. The van der Waals surface area contributed by atoms with Gasteiger partial charge in [0.25, 0.3) is 0 Å². The molecule has 171 valence electrons. The van der Waals surface area contributed by atoms with E-state index >= 15 is 0 Å². The number of benzene rings is 2. The van der Waals surface area contributed by atoms with Crippen molar-refractivity contribution in [3.05, 3.63) is 47.5 Å². The van der Waals surface area contributed by atoms with Crippen molar-refractivity contribution in [2.75, 3.05) is 21.3 Å². The molecule has 0 spiro atoms. The van der Waals surface area contributed by atoms with Gasteiger partial charge in [0.2, 0.25) is 0 Å². The van der Waals surface area contributed by atoms with Crippen molar-refractivity contribution in [2.45, 2.75) is 0 Å². The van der Waals surface area contributed by atoms with E-state index in [1.165, 1.54) is 38.5 Å². The van der Waals surface area contributed by atoms with E-state index in [1.807, 2.05) is 0 Å². The molecule has 0 aliphatic heterocycles. The van der Waals surface area contributed by atoms with Crippen LogP contribution in [0.5, 0.6) is 23.0 Å². The van der Waals surface area contributed by atoms with Crippen LogP contribution < -0.4 is 67.9 Å². The summed E-state index contributed by atoms with van der Waals surface area (Å²) in [5.74, 6) is -0.306. The number of carbonyl (C=O) groups excluding carboxylic acids is 2. The second-order valence-electron chi connectivity index (χ2n) is 4.37. The Kier molecular flexibility index (Phi) is 24.4. The Morgan fingerprint density at radius 3 is 1.23 bits per heavy atom. The topological polar surface area (TPSA) is 211 Å². The van der Waals surface area contributed by atoms with Crippen LogP contribution in [0.4, 0.5) is 0 Å². The zero-order valence-corrected chi connectivity index (χ0v) is 20.5. The van der Waals surface area contributed by atoms with Gasteiger partial charge in [0.1, 0.15) is 24.1 Å². The molecule has 0 aromatic heterocycles. The van der Waals surface area contributed by atoms with E-state index < -0.39 is 10.2 Å². The molecular formula is C17H18ClCuNaO11. The Morgan fingerprint density at radius 2 is 1.03 bits per heavy atom. The van der Waals surface area contributed by atoms with E-state index in [0.29, 0.717) is 12.6 Å². The minimum atomic E-state index is -4.94.